The summed E-state index contributed by atoms with van der Waals surface area (Å²) in [5.41, 5.74) is 1.21. The van der Waals surface area contributed by atoms with E-state index in [2.05, 4.69) is 0 Å². The Balaban J connectivity index is 1.87. The molecule has 25 heavy (non-hydrogen) atoms. The van der Waals surface area contributed by atoms with Crippen molar-refractivity contribution in [2.45, 2.75) is 6.54 Å². The van der Waals surface area contributed by atoms with Gasteiger partial charge in [-0.2, -0.15) is 0 Å². The third kappa shape index (κ3) is 3.99. The Labute approximate surface area is 168 Å². The molecule has 0 N–H and O–H groups in total. The molecule has 0 aromatic heterocycles. The van der Waals surface area contributed by atoms with Crippen molar-refractivity contribution >= 4 is 75.4 Å². The minimum Gasteiger partial charge on any atom is -0.268 e. The van der Waals surface area contributed by atoms with E-state index in [4.69, 9.17) is 46.4 Å². The number of hydrogen-bond acceptors (Lipinski definition) is 3. The molecule has 1 aliphatic heterocycles. The number of nitrogens with zero attached hydrogens (tertiary/aromatic N) is 1. The molecular weight excluding hydrogens is 424 g/mol. The lowest BCUT2D eigenvalue weighted by Gasteiger charge is -2.14. The number of rotatable bonds is 3. The van der Waals surface area contributed by atoms with E-state index in [-0.39, 0.29) is 11.8 Å². The molecule has 2 amide bonds. The first-order valence-corrected chi connectivity index (χ1v) is 9.33. The van der Waals surface area contributed by atoms with Gasteiger partial charge in [-0.25, -0.2) is 0 Å². The number of imide groups is 1. The second-order valence-corrected chi connectivity index (χ2v) is 7.76. The van der Waals surface area contributed by atoms with Gasteiger partial charge in [0.1, 0.15) is 0 Å². The van der Waals surface area contributed by atoms with Crippen molar-refractivity contribution in [3.8, 4) is 0 Å². The summed E-state index contributed by atoms with van der Waals surface area (Å²) < 4.78 is 0. The predicted octanol–water partition coefficient (Wildman–Crippen LogP) is 6.54. The molecule has 128 valence electrons. The topological polar surface area (TPSA) is 37.4 Å². The molecule has 1 heterocycles. The van der Waals surface area contributed by atoms with Gasteiger partial charge in [-0.3, -0.25) is 14.5 Å². The fourth-order valence-electron chi connectivity index (χ4n) is 2.23. The minimum atomic E-state index is -0.406. The second kappa shape index (κ2) is 7.60. The van der Waals surface area contributed by atoms with Gasteiger partial charge >= 0.3 is 0 Å². The van der Waals surface area contributed by atoms with Gasteiger partial charge in [0.25, 0.3) is 11.1 Å². The Morgan fingerprint density at radius 3 is 2.24 bits per heavy atom. The van der Waals surface area contributed by atoms with E-state index in [9.17, 15) is 9.59 Å². The van der Waals surface area contributed by atoms with Crippen LogP contribution in [-0.4, -0.2) is 16.0 Å². The average molecular weight is 433 g/mol. The summed E-state index contributed by atoms with van der Waals surface area (Å²) in [5.74, 6) is -0.406. The van der Waals surface area contributed by atoms with Crippen LogP contribution in [0.25, 0.3) is 6.08 Å². The van der Waals surface area contributed by atoms with Crippen LogP contribution in [0.3, 0.4) is 0 Å². The molecule has 0 bridgehead atoms. The number of benzene rings is 2. The van der Waals surface area contributed by atoms with Gasteiger partial charge < -0.3 is 0 Å². The van der Waals surface area contributed by atoms with E-state index in [1.165, 1.54) is 0 Å². The molecule has 1 saturated heterocycles. The highest BCUT2D eigenvalue weighted by Crippen LogP contribution is 2.36. The predicted molar refractivity (Wildman–Crippen MR) is 104 cm³/mol. The largest absolute Gasteiger partial charge is 0.293 e. The zero-order valence-corrected chi connectivity index (χ0v) is 16.3. The highest BCUT2D eigenvalue weighted by molar-refractivity contribution is 8.18. The number of thioether (sulfide) groups is 1. The molecule has 3 nitrogen and oxygen atoms in total. The Morgan fingerprint density at radius 2 is 1.60 bits per heavy atom. The van der Waals surface area contributed by atoms with Crippen molar-refractivity contribution in [3.05, 3.63) is 72.5 Å². The molecule has 3 rings (SSSR count). The van der Waals surface area contributed by atoms with Crippen LogP contribution in [0.1, 0.15) is 11.1 Å². The molecule has 0 spiro atoms. The van der Waals surface area contributed by atoms with Crippen LogP contribution in [0, 0.1) is 0 Å². The Kier molecular flexibility index (Phi) is 5.66. The second-order valence-electron chi connectivity index (χ2n) is 5.14. The monoisotopic (exact) mass is 431 g/mol. The molecule has 2 aromatic rings. The highest BCUT2D eigenvalue weighted by Gasteiger charge is 2.35. The minimum absolute atomic E-state index is 0.0158. The van der Waals surface area contributed by atoms with Gasteiger partial charge in [-0.1, -0.05) is 58.5 Å². The lowest BCUT2D eigenvalue weighted by Crippen LogP contribution is -2.27. The van der Waals surface area contributed by atoms with Crippen LogP contribution in [0.5, 0.6) is 0 Å². The number of hydrogen-bond donors (Lipinski definition) is 0. The Hall–Kier alpha value is -1.17. The molecule has 1 fully saturated rings. The summed E-state index contributed by atoms with van der Waals surface area (Å²) in [6.07, 6.45) is 1.60. The molecular formula is C17H9Cl4NO2S. The summed E-state index contributed by atoms with van der Waals surface area (Å²) in [4.78, 5) is 26.2. The maximum Gasteiger partial charge on any atom is 0.293 e. The number of amides is 2. The first-order valence-electron chi connectivity index (χ1n) is 7.00. The molecule has 1 aliphatic rings. The summed E-state index contributed by atoms with van der Waals surface area (Å²) in [6, 6.07) is 9.99. The highest BCUT2D eigenvalue weighted by atomic mass is 35.5. The molecule has 0 radical (unpaired) electrons. The van der Waals surface area contributed by atoms with E-state index in [1.54, 1.807) is 42.5 Å². The molecule has 0 unspecified atom stereocenters. The zero-order chi connectivity index (χ0) is 18.1. The fraction of sp³-hybridized carbons (Fsp3) is 0.0588. The first kappa shape index (κ1) is 18.6. The van der Waals surface area contributed by atoms with Crippen molar-refractivity contribution in [1.82, 2.24) is 4.90 Å². The van der Waals surface area contributed by atoms with Crippen molar-refractivity contribution in [3.63, 3.8) is 0 Å². The van der Waals surface area contributed by atoms with Crippen molar-refractivity contribution in [2.24, 2.45) is 0 Å². The van der Waals surface area contributed by atoms with Crippen molar-refractivity contribution in [1.29, 1.82) is 0 Å². The zero-order valence-electron chi connectivity index (χ0n) is 12.4. The van der Waals surface area contributed by atoms with Gasteiger partial charge in [0.05, 0.1) is 21.5 Å². The first-order chi connectivity index (χ1) is 11.9. The number of carbonyl (C=O) groups is 2. The van der Waals surface area contributed by atoms with Gasteiger partial charge in [-0.15, -0.1) is 0 Å². The van der Waals surface area contributed by atoms with Gasteiger partial charge in [-0.05, 0) is 47.7 Å². The van der Waals surface area contributed by atoms with Gasteiger partial charge in [0.2, 0.25) is 0 Å². The van der Waals surface area contributed by atoms with Crippen LogP contribution in [0.15, 0.2) is 41.3 Å². The van der Waals surface area contributed by atoms with Crippen LogP contribution >= 0.6 is 58.2 Å². The smallest absolute Gasteiger partial charge is 0.268 e. The normalized spacial score (nSPS) is 16.2. The maximum absolute atomic E-state index is 12.6. The molecule has 0 atom stereocenters. The van der Waals surface area contributed by atoms with Crippen molar-refractivity contribution in [2.75, 3.05) is 0 Å². The number of halogens is 4. The Bertz CT molecular complexity index is 893. The van der Waals surface area contributed by atoms with E-state index < -0.39 is 5.91 Å². The summed E-state index contributed by atoms with van der Waals surface area (Å²) in [5, 5.41) is 1.21. The quantitative estimate of drug-likeness (QED) is 0.517. The van der Waals surface area contributed by atoms with E-state index in [0.717, 1.165) is 16.7 Å². The lowest BCUT2D eigenvalue weighted by atomic mass is 10.2. The standard InChI is InChI=1S/C17H9Cl4NO2S/c18-11-2-1-3-12(19)10(11)8-22-16(23)15(25-17(22)24)7-9-4-5-13(20)14(21)6-9/h1-7H,8H2/b15-7-. The number of carbonyl (C=O) groups excluding carboxylic acids is 2. The molecule has 2 aromatic carbocycles. The van der Waals surface area contributed by atoms with Crippen LogP contribution in [0.4, 0.5) is 4.79 Å². The van der Waals surface area contributed by atoms with E-state index in [1.807, 2.05) is 0 Å². The van der Waals surface area contributed by atoms with Crippen LogP contribution in [-0.2, 0) is 11.3 Å². The van der Waals surface area contributed by atoms with Gasteiger partial charge in [0.15, 0.2) is 0 Å². The molecule has 0 aliphatic carbocycles. The van der Waals surface area contributed by atoms with Crippen molar-refractivity contribution < 1.29 is 9.59 Å². The molecule has 8 heteroatoms. The van der Waals surface area contributed by atoms with Gasteiger partial charge in [0, 0.05) is 15.6 Å². The van der Waals surface area contributed by atoms with Crippen LogP contribution < -0.4 is 0 Å². The third-order valence-corrected chi connectivity index (χ3v) is 5.85. The SMILES string of the molecule is O=C1S/C(=C\c2ccc(Cl)c(Cl)c2)C(=O)N1Cc1c(Cl)cccc1Cl. The lowest BCUT2D eigenvalue weighted by molar-refractivity contribution is -0.123. The third-order valence-electron chi connectivity index (χ3n) is 3.49. The van der Waals surface area contributed by atoms with E-state index in [0.29, 0.717) is 36.1 Å². The average Bonchev–Trinajstić information content (AvgIpc) is 2.81. The van der Waals surface area contributed by atoms with Crippen LogP contribution in [0.2, 0.25) is 20.1 Å². The maximum atomic E-state index is 12.6. The molecule has 0 saturated carbocycles. The Morgan fingerprint density at radius 1 is 0.920 bits per heavy atom. The fourth-order valence-corrected chi connectivity index (χ4v) is 3.89. The summed E-state index contributed by atoms with van der Waals surface area (Å²) >= 11 is 24.9. The van der Waals surface area contributed by atoms with E-state index >= 15 is 0 Å². The summed E-state index contributed by atoms with van der Waals surface area (Å²) in [7, 11) is 0. The summed E-state index contributed by atoms with van der Waals surface area (Å²) in [6.45, 7) is 0.0158.